The minimum absolute atomic E-state index is 0.0163. The van der Waals surface area contributed by atoms with Crippen molar-refractivity contribution in [2.45, 2.75) is 157 Å². The molecule has 23 heteroatoms. The lowest BCUT2D eigenvalue weighted by Crippen LogP contribution is -2.53. The monoisotopic (exact) mass is 1530 g/mol. The first-order valence-electron chi connectivity index (χ1n) is 39.5. The van der Waals surface area contributed by atoms with E-state index >= 15 is 14.4 Å². The summed E-state index contributed by atoms with van der Waals surface area (Å²) in [7, 11) is 0. The minimum atomic E-state index is -0.829. The van der Waals surface area contributed by atoms with Crippen LogP contribution in [-0.2, 0) is 134 Å². The number of amides is 3. The number of benzene rings is 8. The molecule has 4 saturated heterocycles. The van der Waals surface area contributed by atoms with Crippen molar-refractivity contribution >= 4 is 23.7 Å². The van der Waals surface area contributed by atoms with Crippen molar-refractivity contribution in [2.24, 2.45) is 52.5 Å². The highest BCUT2D eigenvalue weighted by Gasteiger charge is 2.71. The van der Waals surface area contributed by atoms with E-state index in [1.165, 1.54) is 0 Å². The van der Waals surface area contributed by atoms with E-state index in [-0.39, 0.29) is 115 Å². The quantitative estimate of drug-likeness (QED) is 0.0141. The second-order valence-corrected chi connectivity index (χ2v) is 30.5. The van der Waals surface area contributed by atoms with Crippen LogP contribution in [0.1, 0.15) is 51.4 Å². The molecule has 8 aliphatic rings. The van der Waals surface area contributed by atoms with Gasteiger partial charge >= 0.3 is 5.97 Å². The van der Waals surface area contributed by atoms with Gasteiger partial charge in [-0.15, -0.1) is 0 Å². The Morgan fingerprint density at radius 3 is 0.770 bits per heavy atom. The summed E-state index contributed by atoms with van der Waals surface area (Å²) in [6.45, 7) is 3.61. The third kappa shape index (κ3) is 18.5. The number of carbonyl (C=O) groups excluding carboxylic acids is 4. The summed E-state index contributed by atoms with van der Waals surface area (Å²) >= 11 is 0. The van der Waals surface area contributed by atoms with Gasteiger partial charge in [-0.1, -0.05) is 248 Å². The Morgan fingerprint density at radius 1 is 0.319 bits per heavy atom. The SMILES string of the molecule is CCOC(=O)[C@@H]1[C@H]2O[C@H](CNC(=O)[C@@H]3[C@H]4O[C@H](CNC(=O)[C@@H]5[C@H]6O[C@H](CNC(=O)[C@@H]7[C@H]8O[C@H](CN=[N+]=[N-])[C@@H](OCc9ccccc9)[C@H](OCc9ccccc9)[C@H]87)[C@@H](OCc7ccccc7)[C@H](OCc7ccccc7)[C@H]65)[C@@H](OCc5ccccc5)[C@H](OCc5ccccc5)[C@H]43)[C@@H](OCc3ccccc3)[C@H](OCc3ccccc3)[C@H]21. The van der Waals surface area contributed by atoms with Crippen LogP contribution in [0.5, 0.6) is 0 Å². The van der Waals surface area contributed by atoms with Gasteiger partial charge in [0.2, 0.25) is 17.7 Å². The Labute approximate surface area is 657 Å². The fraction of sp³-hybridized carbons (Fsp3) is 0.422. The highest BCUT2D eigenvalue weighted by atomic mass is 16.6. The van der Waals surface area contributed by atoms with Crippen LogP contribution in [0, 0.1) is 47.3 Å². The molecule has 0 spiro atoms. The number of azide groups is 1. The van der Waals surface area contributed by atoms with Crippen LogP contribution in [0.2, 0.25) is 0 Å². The molecule has 588 valence electrons. The molecule has 4 heterocycles. The van der Waals surface area contributed by atoms with Crippen molar-refractivity contribution < 1.29 is 80.8 Å². The lowest BCUT2D eigenvalue weighted by atomic mass is 9.98. The van der Waals surface area contributed by atoms with Gasteiger partial charge in [-0.3, -0.25) is 19.2 Å². The maximum atomic E-state index is 15.5. The van der Waals surface area contributed by atoms with Crippen LogP contribution < -0.4 is 16.0 Å². The van der Waals surface area contributed by atoms with E-state index in [2.05, 4.69) is 26.0 Å². The topological polar surface area (TPSA) is 273 Å². The molecule has 3 N–H and O–H groups in total. The average molecular weight is 1530 g/mol. The second kappa shape index (κ2) is 36.7. The second-order valence-electron chi connectivity index (χ2n) is 30.5. The van der Waals surface area contributed by atoms with Gasteiger partial charge in [0.15, 0.2) is 0 Å². The lowest BCUT2D eigenvalue weighted by Gasteiger charge is -2.37. The van der Waals surface area contributed by atoms with E-state index in [4.69, 9.17) is 61.6 Å². The highest BCUT2D eigenvalue weighted by molar-refractivity contribution is 5.85. The Hall–Kier alpha value is -9.53. The Kier molecular flexibility index (Phi) is 25.2. The van der Waals surface area contributed by atoms with E-state index < -0.39 is 139 Å². The Bertz CT molecular complexity index is 4460. The molecule has 8 aromatic rings. The number of rotatable bonds is 37. The molecule has 0 bridgehead atoms. The summed E-state index contributed by atoms with van der Waals surface area (Å²) in [6, 6.07) is 78.3. The number of ether oxygens (including phenoxy) is 13. The molecule has 24 atom stereocenters. The fourth-order valence-electron chi connectivity index (χ4n) is 17.3. The summed E-state index contributed by atoms with van der Waals surface area (Å²) in [5, 5.41) is 13.7. The molecule has 0 aromatic heterocycles. The van der Waals surface area contributed by atoms with Gasteiger partial charge in [-0.25, -0.2) is 0 Å². The van der Waals surface area contributed by atoms with E-state index in [9.17, 15) is 10.3 Å². The molecule has 16 rings (SSSR count). The summed E-state index contributed by atoms with van der Waals surface area (Å²) in [5.74, 6) is -5.71. The average Bonchev–Trinajstić information content (AvgIpc) is 1.59. The van der Waals surface area contributed by atoms with Gasteiger partial charge in [-0.2, -0.15) is 0 Å². The maximum absolute atomic E-state index is 15.5. The van der Waals surface area contributed by atoms with Crippen LogP contribution in [0.3, 0.4) is 0 Å². The zero-order valence-electron chi connectivity index (χ0n) is 62.9. The molecule has 0 unspecified atom stereocenters. The first-order valence-corrected chi connectivity index (χ1v) is 39.5. The third-order valence-electron chi connectivity index (χ3n) is 23.1. The van der Waals surface area contributed by atoms with E-state index in [0.29, 0.717) is 0 Å². The molecular weight excluding hydrogens is 1440 g/mol. The number of hydrogen-bond acceptors (Lipinski definition) is 18. The summed E-state index contributed by atoms with van der Waals surface area (Å²) in [6.07, 6.45) is -11.2. The van der Waals surface area contributed by atoms with E-state index in [1.807, 2.05) is 243 Å². The van der Waals surface area contributed by atoms with Crippen molar-refractivity contribution in [1.82, 2.24) is 16.0 Å². The summed E-state index contributed by atoms with van der Waals surface area (Å²) < 4.78 is 88.3. The molecular formula is C90H96N6O17. The van der Waals surface area contributed by atoms with Crippen molar-refractivity contribution in [1.29, 1.82) is 0 Å². The largest absolute Gasteiger partial charge is 0.466 e. The van der Waals surface area contributed by atoms with Crippen LogP contribution in [0.25, 0.3) is 10.4 Å². The van der Waals surface area contributed by atoms with E-state index in [0.717, 1.165) is 44.5 Å². The third-order valence-corrected chi connectivity index (χ3v) is 23.1. The predicted octanol–water partition coefficient (Wildman–Crippen LogP) is 10.9. The van der Waals surface area contributed by atoms with Gasteiger partial charge in [0.05, 0.1) is 145 Å². The van der Waals surface area contributed by atoms with Crippen molar-refractivity contribution in [3.63, 3.8) is 0 Å². The predicted molar refractivity (Wildman–Crippen MR) is 412 cm³/mol. The molecule has 23 nitrogen and oxygen atoms in total. The number of carbonyl (C=O) groups is 4. The van der Waals surface area contributed by atoms with Gasteiger partial charge in [0.1, 0.15) is 42.7 Å². The van der Waals surface area contributed by atoms with Gasteiger partial charge in [0.25, 0.3) is 0 Å². The maximum Gasteiger partial charge on any atom is 0.312 e. The van der Waals surface area contributed by atoms with Crippen LogP contribution in [-0.4, -0.2) is 154 Å². The van der Waals surface area contributed by atoms with Crippen molar-refractivity contribution in [3.05, 3.63) is 298 Å². The smallest absolute Gasteiger partial charge is 0.312 e. The first-order chi connectivity index (χ1) is 55.7. The van der Waals surface area contributed by atoms with E-state index in [1.54, 1.807) is 6.92 Å². The number of nitrogens with zero attached hydrogens (tertiary/aromatic N) is 3. The van der Waals surface area contributed by atoms with Gasteiger partial charge in [0, 0.05) is 48.2 Å². The molecule has 8 fully saturated rings. The zero-order valence-corrected chi connectivity index (χ0v) is 62.9. The highest BCUT2D eigenvalue weighted by Crippen LogP contribution is 2.57. The standard InChI is InChI=1S/C90H96N6O17/c1-2-101-90(100)74-70-82(74)112-65(77(104-49-57-31-15-5-16-32-57)86(70)109-54-62-41-25-10-26-42-62)45-94-88(98)72-68-80(72)110-63(75(102-47-55-27-11-3-12-28-55)84(68)107-52-60-37-21-8-22-38-60)43-92-87(97)71-67-79(71)111-64(76(103-48-56-29-13-4-14-30-56)83(67)106-51-59-35-19-7-20-36-59)44-93-89(99)73-69-81(73)113-66(46-95-96-91)78(105-50-58-33-17-6-18-34-58)85(69)108-53-61-39-23-9-24-40-61/h3-42,63-86H,2,43-54H2,1H3,(H,92,97)(H,93,99)(H,94,98)/t63-,64-,65-,66-,67+,68+,69+,70+,71+,72+,73+,74+,75-,76-,77-,78-,79+,80+,81+,82+,83-,84-,85-,86-/m1/s1. The molecule has 0 radical (unpaired) electrons. The minimum Gasteiger partial charge on any atom is -0.466 e. The van der Waals surface area contributed by atoms with Crippen LogP contribution in [0.15, 0.2) is 248 Å². The molecule has 4 saturated carbocycles. The first kappa shape index (κ1) is 77.4. The number of nitrogens with one attached hydrogen (secondary N) is 3. The Morgan fingerprint density at radius 2 is 0.531 bits per heavy atom. The fourth-order valence-corrected chi connectivity index (χ4v) is 17.3. The molecule has 4 aliphatic heterocycles. The number of hydrogen-bond donors (Lipinski definition) is 3. The van der Waals surface area contributed by atoms with Gasteiger partial charge in [-0.05, 0) is 57.0 Å². The molecule has 8 aromatic carbocycles. The molecule has 3 amide bonds. The molecule has 4 aliphatic carbocycles. The Balaban J connectivity index is 0.649. The van der Waals surface area contributed by atoms with Crippen LogP contribution >= 0.6 is 0 Å². The normalized spacial score (nSPS) is 31.3. The summed E-state index contributed by atoms with van der Waals surface area (Å²) in [5.41, 5.74) is 17.0. The van der Waals surface area contributed by atoms with Crippen molar-refractivity contribution in [2.75, 3.05) is 32.8 Å². The lowest BCUT2D eigenvalue weighted by molar-refractivity contribution is -0.186. The zero-order chi connectivity index (χ0) is 77.0. The number of esters is 1. The van der Waals surface area contributed by atoms with Crippen molar-refractivity contribution in [3.8, 4) is 0 Å². The summed E-state index contributed by atoms with van der Waals surface area (Å²) in [4.78, 5) is 62.5. The van der Waals surface area contributed by atoms with Crippen LogP contribution in [0.4, 0.5) is 0 Å². The van der Waals surface area contributed by atoms with Gasteiger partial charge < -0.3 is 77.5 Å². The molecule has 113 heavy (non-hydrogen) atoms. The number of fused-ring (bicyclic) bond motifs is 4.